The zero-order valence-corrected chi connectivity index (χ0v) is 21.3. The van der Waals surface area contributed by atoms with Gasteiger partial charge in [0.15, 0.2) is 0 Å². The SMILES string of the molecule is CCCCOc1ccc(/C=N/NC(=O)CN(c2ccc(OCC)cc2)S(=O)(=O)c2ccccc2)cc1. The van der Waals surface area contributed by atoms with E-state index in [1.54, 1.807) is 42.5 Å². The van der Waals surface area contributed by atoms with Gasteiger partial charge in [-0.25, -0.2) is 13.8 Å². The number of hydrazone groups is 1. The van der Waals surface area contributed by atoms with Crippen LogP contribution >= 0.6 is 0 Å². The lowest BCUT2D eigenvalue weighted by Gasteiger charge is -2.24. The van der Waals surface area contributed by atoms with Crippen LogP contribution < -0.4 is 19.2 Å². The molecule has 3 rings (SSSR count). The first-order chi connectivity index (χ1) is 17.4. The summed E-state index contributed by atoms with van der Waals surface area (Å²) in [5, 5.41) is 3.98. The van der Waals surface area contributed by atoms with E-state index >= 15 is 0 Å². The highest BCUT2D eigenvalue weighted by atomic mass is 32.2. The van der Waals surface area contributed by atoms with E-state index in [0.717, 1.165) is 28.5 Å². The summed E-state index contributed by atoms with van der Waals surface area (Å²) in [5.41, 5.74) is 3.51. The van der Waals surface area contributed by atoms with Gasteiger partial charge in [-0.15, -0.1) is 0 Å². The number of carbonyl (C=O) groups is 1. The van der Waals surface area contributed by atoms with Crippen molar-refractivity contribution >= 4 is 27.8 Å². The van der Waals surface area contributed by atoms with Crippen molar-refractivity contribution < 1.29 is 22.7 Å². The lowest BCUT2D eigenvalue weighted by Crippen LogP contribution is -2.39. The summed E-state index contributed by atoms with van der Waals surface area (Å²) < 4.78 is 38.9. The highest BCUT2D eigenvalue weighted by molar-refractivity contribution is 7.92. The van der Waals surface area contributed by atoms with Gasteiger partial charge in [-0.2, -0.15) is 5.10 Å². The van der Waals surface area contributed by atoms with E-state index in [4.69, 9.17) is 9.47 Å². The van der Waals surface area contributed by atoms with Gasteiger partial charge in [-0.3, -0.25) is 9.10 Å². The predicted molar refractivity (Wildman–Crippen MR) is 141 cm³/mol. The number of amides is 1. The Balaban J connectivity index is 1.71. The van der Waals surface area contributed by atoms with Gasteiger partial charge in [-0.1, -0.05) is 31.5 Å². The highest BCUT2D eigenvalue weighted by Crippen LogP contribution is 2.25. The second-order valence-corrected chi connectivity index (χ2v) is 9.68. The lowest BCUT2D eigenvalue weighted by molar-refractivity contribution is -0.119. The Bertz CT molecular complexity index is 1230. The van der Waals surface area contributed by atoms with E-state index in [-0.39, 0.29) is 4.90 Å². The number of ether oxygens (including phenoxy) is 2. The first-order valence-electron chi connectivity index (χ1n) is 11.8. The second kappa shape index (κ2) is 13.3. The Morgan fingerprint density at radius 3 is 2.19 bits per heavy atom. The number of unbranched alkanes of at least 4 members (excludes halogenated alkanes) is 1. The van der Waals surface area contributed by atoms with Crippen molar-refractivity contribution in [2.24, 2.45) is 5.10 Å². The molecular weight excluding hydrogens is 478 g/mol. The van der Waals surface area contributed by atoms with Gasteiger partial charge in [0.25, 0.3) is 15.9 Å². The fraction of sp³-hybridized carbons (Fsp3) is 0.259. The molecule has 36 heavy (non-hydrogen) atoms. The average molecular weight is 510 g/mol. The number of anilines is 1. The molecule has 0 unspecified atom stereocenters. The number of sulfonamides is 1. The molecule has 0 radical (unpaired) electrons. The Hall–Kier alpha value is -3.85. The van der Waals surface area contributed by atoms with Crippen molar-refractivity contribution in [1.29, 1.82) is 0 Å². The van der Waals surface area contributed by atoms with Crippen LogP contribution in [0, 0.1) is 0 Å². The second-order valence-electron chi connectivity index (χ2n) is 7.82. The third-order valence-electron chi connectivity index (χ3n) is 5.10. The van der Waals surface area contributed by atoms with Crippen LogP contribution in [0.4, 0.5) is 5.69 Å². The van der Waals surface area contributed by atoms with E-state index in [0.29, 0.717) is 24.7 Å². The molecule has 0 aliphatic carbocycles. The molecule has 0 atom stereocenters. The number of nitrogens with one attached hydrogen (secondary N) is 1. The van der Waals surface area contributed by atoms with Crippen LogP contribution in [0.25, 0.3) is 0 Å². The smallest absolute Gasteiger partial charge is 0.264 e. The minimum Gasteiger partial charge on any atom is -0.494 e. The largest absolute Gasteiger partial charge is 0.494 e. The van der Waals surface area contributed by atoms with E-state index in [2.05, 4.69) is 17.5 Å². The standard InChI is InChI=1S/C27H31N3O5S/c1-3-5-19-35-25-15-11-22(12-16-25)20-28-29-27(31)21-30(23-13-17-24(18-14-23)34-4-2)36(32,33)26-9-7-6-8-10-26/h6-18,20H,3-5,19,21H2,1-2H3,(H,29,31)/b28-20+. The number of rotatable bonds is 13. The molecule has 0 aromatic heterocycles. The fourth-order valence-electron chi connectivity index (χ4n) is 3.24. The number of hydrogen-bond acceptors (Lipinski definition) is 6. The molecule has 8 nitrogen and oxygen atoms in total. The molecule has 0 aliphatic rings. The summed E-state index contributed by atoms with van der Waals surface area (Å²) in [7, 11) is -4.00. The monoisotopic (exact) mass is 509 g/mol. The zero-order valence-electron chi connectivity index (χ0n) is 20.5. The molecule has 0 bridgehead atoms. The molecule has 0 spiro atoms. The van der Waals surface area contributed by atoms with Crippen LogP contribution in [0.15, 0.2) is 88.9 Å². The Labute approximate surface area is 212 Å². The summed E-state index contributed by atoms with van der Waals surface area (Å²) >= 11 is 0. The van der Waals surface area contributed by atoms with Crippen molar-refractivity contribution in [3.8, 4) is 11.5 Å². The number of carbonyl (C=O) groups excluding carboxylic acids is 1. The minimum absolute atomic E-state index is 0.0800. The van der Waals surface area contributed by atoms with Crippen LogP contribution in [-0.4, -0.2) is 40.3 Å². The molecule has 0 heterocycles. The van der Waals surface area contributed by atoms with E-state index in [1.165, 1.54) is 18.3 Å². The number of nitrogens with zero attached hydrogens (tertiary/aromatic N) is 2. The molecule has 0 fully saturated rings. The molecule has 3 aromatic rings. The van der Waals surface area contributed by atoms with Crippen molar-refractivity contribution in [1.82, 2.24) is 5.43 Å². The summed E-state index contributed by atoms with van der Waals surface area (Å²) in [4.78, 5) is 12.8. The maximum absolute atomic E-state index is 13.4. The third kappa shape index (κ3) is 7.58. The third-order valence-corrected chi connectivity index (χ3v) is 6.89. The Morgan fingerprint density at radius 2 is 1.56 bits per heavy atom. The molecule has 0 aliphatic heterocycles. The van der Waals surface area contributed by atoms with Gasteiger partial charge in [-0.05, 0) is 79.6 Å². The molecule has 1 N–H and O–H groups in total. The summed E-state index contributed by atoms with van der Waals surface area (Å²) in [6.07, 6.45) is 3.54. The first kappa shape index (κ1) is 26.7. The van der Waals surface area contributed by atoms with Gasteiger partial charge >= 0.3 is 0 Å². The molecule has 1 amide bonds. The number of benzene rings is 3. The van der Waals surface area contributed by atoms with Crippen molar-refractivity contribution in [2.75, 3.05) is 24.1 Å². The minimum atomic E-state index is -4.00. The molecule has 0 saturated carbocycles. The van der Waals surface area contributed by atoms with Gasteiger partial charge in [0, 0.05) is 0 Å². The summed E-state index contributed by atoms with van der Waals surface area (Å²) in [6, 6.07) is 21.8. The molecule has 3 aromatic carbocycles. The maximum Gasteiger partial charge on any atom is 0.264 e. The van der Waals surface area contributed by atoms with E-state index < -0.39 is 22.5 Å². The normalized spacial score (nSPS) is 11.3. The summed E-state index contributed by atoms with van der Waals surface area (Å²) in [6.45, 7) is 4.66. The number of hydrogen-bond donors (Lipinski definition) is 1. The zero-order chi connectivity index (χ0) is 25.8. The Morgan fingerprint density at radius 1 is 0.917 bits per heavy atom. The van der Waals surface area contributed by atoms with Crippen molar-refractivity contribution in [3.05, 3.63) is 84.4 Å². The van der Waals surface area contributed by atoms with Crippen LogP contribution in [-0.2, 0) is 14.8 Å². The summed E-state index contributed by atoms with van der Waals surface area (Å²) in [5.74, 6) is 0.787. The van der Waals surface area contributed by atoms with E-state index in [9.17, 15) is 13.2 Å². The van der Waals surface area contributed by atoms with Crippen LogP contribution in [0.1, 0.15) is 32.3 Å². The molecule has 9 heteroatoms. The van der Waals surface area contributed by atoms with Crippen LogP contribution in [0.2, 0.25) is 0 Å². The fourth-order valence-corrected chi connectivity index (χ4v) is 4.68. The Kier molecular flexibility index (Phi) is 9.88. The maximum atomic E-state index is 13.4. The van der Waals surface area contributed by atoms with Gasteiger partial charge < -0.3 is 9.47 Å². The first-order valence-corrected chi connectivity index (χ1v) is 13.2. The molecular formula is C27H31N3O5S. The average Bonchev–Trinajstić information content (AvgIpc) is 2.89. The van der Waals surface area contributed by atoms with Gasteiger partial charge in [0.1, 0.15) is 18.0 Å². The predicted octanol–water partition coefficient (Wildman–Crippen LogP) is 4.61. The van der Waals surface area contributed by atoms with Crippen LogP contribution in [0.3, 0.4) is 0 Å². The van der Waals surface area contributed by atoms with Gasteiger partial charge in [0.2, 0.25) is 0 Å². The lowest BCUT2D eigenvalue weighted by atomic mass is 10.2. The molecule has 190 valence electrons. The molecule has 0 saturated heterocycles. The van der Waals surface area contributed by atoms with Gasteiger partial charge in [0.05, 0.1) is 30.0 Å². The highest BCUT2D eigenvalue weighted by Gasteiger charge is 2.27. The van der Waals surface area contributed by atoms with Crippen LogP contribution in [0.5, 0.6) is 11.5 Å². The topological polar surface area (TPSA) is 97.3 Å². The van der Waals surface area contributed by atoms with Crippen molar-refractivity contribution in [2.45, 2.75) is 31.6 Å². The quantitative estimate of drug-likeness (QED) is 0.206. The van der Waals surface area contributed by atoms with Crippen molar-refractivity contribution in [3.63, 3.8) is 0 Å². The van der Waals surface area contributed by atoms with E-state index in [1.807, 2.05) is 31.2 Å².